The molecule has 0 radical (unpaired) electrons. The molecule has 6 nitrogen and oxygen atoms in total. The Morgan fingerprint density at radius 2 is 1.26 bits per heavy atom. The second kappa shape index (κ2) is 10.5. The monoisotopic (exact) mass is 710 g/mol. The first kappa shape index (κ1) is 18.1. The van der Waals surface area contributed by atoms with Gasteiger partial charge in [0.15, 0.2) is 11.6 Å². The van der Waals surface area contributed by atoms with Crippen molar-refractivity contribution in [2.45, 2.75) is 19.1 Å². The van der Waals surface area contributed by atoms with Crippen molar-refractivity contribution in [2.24, 2.45) is 0 Å². The van der Waals surface area contributed by atoms with E-state index in [4.69, 9.17) is 30.6 Å². The molecule has 12 rings (SSSR count). The van der Waals surface area contributed by atoms with Crippen LogP contribution in [0, 0.1) is 0 Å². The molecular formula is C48H30N4O2. The highest BCUT2D eigenvalue weighted by molar-refractivity contribution is 6.14. The van der Waals surface area contributed by atoms with Crippen LogP contribution < -0.4 is 0 Å². The van der Waals surface area contributed by atoms with Gasteiger partial charge in [0.1, 0.15) is 22.3 Å². The average molecular weight is 711 g/mol. The number of hydrogen-bond acceptors (Lipinski definition) is 5. The van der Waals surface area contributed by atoms with Gasteiger partial charge in [-0.05, 0) is 52.6 Å². The number of rotatable bonds is 3. The normalized spacial score (nSPS) is 18.2. The van der Waals surface area contributed by atoms with Crippen molar-refractivity contribution in [3.63, 3.8) is 0 Å². The number of benzene rings is 7. The molecule has 0 spiro atoms. The van der Waals surface area contributed by atoms with Crippen LogP contribution in [0.25, 0.3) is 106 Å². The third-order valence-electron chi connectivity index (χ3n) is 10.2. The number of fused-ring (bicyclic) bond motifs is 13. The summed E-state index contributed by atoms with van der Waals surface area (Å²) in [6, 6.07) is 16.8. The highest BCUT2D eigenvalue weighted by Gasteiger charge is 2.38. The van der Waals surface area contributed by atoms with E-state index in [1.807, 2.05) is 42.5 Å². The topological polar surface area (TPSA) is 69.9 Å². The van der Waals surface area contributed by atoms with Gasteiger partial charge in [0.05, 0.1) is 30.3 Å². The minimum Gasteiger partial charge on any atom is -0.456 e. The van der Waals surface area contributed by atoms with Gasteiger partial charge in [-0.15, -0.1) is 0 Å². The number of nitrogens with zero attached hydrogens (tertiary/aromatic N) is 4. The lowest BCUT2D eigenvalue weighted by Crippen LogP contribution is -2.17. The molecule has 6 heteroatoms. The summed E-state index contributed by atoms with van der Waals surface area (Å²) in [6.07, 6.45) is 0. The summed E-state index contributed by atoms with van der Waals surface area (Å²) >= 11 is 0. The average Bonchev–Trinajstić information content (AvgIpc) is 4.10. The number of aromatic nitrogens is 4. The maximum Gasteiger partial charge on any atom is 0.238 e. The summed E-state index contributed by atoms with van der Waals surface area (Å²) in [5.74, 6) is -0.560. The summed E-state index contributed by atoms with van der Waals surface area (Å²) in [4.78, 5) is 15.0. The van der Waals surface area contributed by atoms with E-state index in [1.54, 1.807) is 42.5 Å². The lowest BCUT2D eigenvalue weighted by Gasteiger charge is -2.23. The fraction of sp³-hybridized carbons (Fsp3) is 0.0625. The zero-order valence-corrected chi connectivity index (χ0v) is 27.7. The summed E-state index contributed by atoms with van der Waals surface area (Å²) in [7, 11) is 0. The van der Waals surface area contributed by atoms with Crippen LogP contribution in [0.5, 0.6) is 0 Å². The first-order valence-electron chi connectivity index (χ1n) is 25.0. The molecule has 4 aromatic heterocycles. The maximum atomic E-state index is 9.65. The zero-order chi connectivity index (χ0) is 49.4. The zero-order valence-electron chi connectivity index (χ0n) is 43.7. The van der Waals surface area contributed by atoms with Crippen molar-refractivity contribution in [1.29, 1.82) is 0 Å². The highest BCUT2D eigenvalue weighted by Crippen LogP contribution is 2.53. The molecule has 0 unspecified atom stereocenters. The largest absolute Gasteiger partial charge is 0.456 e. The molecule has 0 N–H and O–H groups in total. The van der Waals surface area contributed by atoms with E-state index >= 15 is 0 Å². The van der Waals surface area contributed by atoms with Crippen LogP contribution in [-0.4, -0.2) is 19.5 Å². The van der Waals surface area contributed by atoms with Crippen LogP contribution in [0.15, 0.2) is 154 Å². The second-order valence-corrected chi connectivity index (χ2v) is 13.1. The predicted molar refractivity (Wildman–Crippen MR) is 217 cm³/mol. The molecule has 11 aromatic rings. The van der Waals surface area contributed by atoms with Crippen molar-refractivity contribution in [3.8, 4) is 39.9 Å². The third-order valence-corrected chi connectivity index (χ3v) is 10.2. The van der Waals surface area contributed by atoms with Crippen molar-refractivity contribution in [3.05, 3.63) is 156 Å². The quantitative estimate of drug-likeness (QED) is 0.183. The Kier molecular flexibility index (Phi) is 3.53. The van der Waals surface area contributed by atoms with Crippen LogP contribution in [0.3, 0.4) is 0 Å². The molecule has 4 heterocycles. The molecule has 1 aliphatic rings. The SMILES string of the molecule is [2H]c1c([2H])c([2H])c2c(c1[2H])-c1c([2H])c([2H])c3c4c([2H])c([2H])c([2H])c([2H])c4n(-c4nc(-c5cccc6c5oc5ccccc56)nc(-c5cccc6oc7ccccc7c56)n4)c3c1C2(C([2H])([2H])[2H])C([2H])([2H])[2H]. The molecule has 0 bridgehead atoms. The van der Waals surface area contributed by atoms with E-state index in [9.17, 15) is 15.1 Å². The number of para-hydroxylation sites is 4. The van der Waals surface area contributed by atoms with Gasteiger partial charge in [-0.3, -0.25) is 4.57 Å². The molecule has 0 saturated carbocycles. The van der Waals surface area contributed by atoms with E-state index in [2.05, 4.69) is 0 Å². The predicted octanol–water partition coefficient (Wildman–Crippen LogP) is 12.4. The van der Waals surface area contributed by atoms with Gasteiger partial charge in [0.25, 0.3) is 0 Å². The molecule has 0 atom stereocenters. The van der Waals surface area contributed by atoms with Crippen molar-refractivity contribution < 1.29 is 30.8 Å². The van der Waals surface area contributed by atoms with Crippen LogP contribution in [0.1, 0.15) is 46.8 Å². The lowest BCUT2D eigenvalue weighted by molar-refractivity contribution is 0.663. The Balaban J connectivity index is 1.35. The fourth-order valence-corrected chi connectivity index (χ4v) is 7.91. The summed E-state index contributed by atoms with van der Waals surface area (Å²) in [5, 5.41) is 1.82. The van der Waals surface area contributed by atoms with Crippen LogP contribution in [-0.2, 0) is 5.41 Å². The van der Waals surface area contributed by atoms with Gasteiger partial charge in [0, 0.05) is 51.5 Å². The Labute approximate surface area is 331 Å². The number of furan rings is 2. The Bertz CT molecular complexity index is 4180. The number of hydrogen-bond donors (Lipinski definition) is 0. The van der Waals surface area contributed by atoms with E-state index in [1.165, 1.54) is 0 Å². The van der Waals surface area contributed by atoms with Crippen molar-refractivity contribution >= 4 is 65.7 Å². The van der Waals surface area contributed by atoms with Crippen LogP contribution in [0.2, 0.25) is 0 Å². The third kappa shape index (κ3) is 3.86. The molecule has 0 saturated heterocycles. The van der Waals surface area contributed by atoms with E-state index in [0.29, 0.717) is 49.6 Å². The Hall–Kier alpha value is -7.05. The summed E-state index contributed by atoms with van der Waals surface area (Å²) < 4.78 is 160. The van der Waals surface area contributed by atoms with Gasteiger partial charge in [-0.1, -0.05) is 129 Å². The smallest absolute Gasteiger partial charge is 0.238 e. The van der Waals surface area contributed by atoms with Gasteiger partial charge >= 0.3 is 0 Å². The molecule has 0 amide bonds. The minimum atomic E-state index is -3.72. The van der Waals surface area contributed by atoms with Gasteiger partial charge in [-0.2, -0.15) is 9.97 Å². The Morgan fingerprint density at radius 3 is 2.15 bits per heavy atom. The molecule has 7 aromatic carbocycles. The highest BCUT2D eigenvalue weighted by atomic mass is 16.3. The standard InChI is InChI=1S/C48H30N4O2/c1-48(2)36-20-7-3-13-27(36)30-25-26-31-28-14-4-8-21-37(28)52(43(31)42(30)48)47-50-45(34-18-12-24-40-41(34)33-16-6-10-23-39(33)53-40)49-46(51-47)35-19-11-17-32-29-15-5-9-22-38(29)54-44(32)35/h3-26H,1-2H3/i1D3,2D3,3D,4D,7D,8D,13D,14D,20D,21D,25D,26D. The van der Waals surface area contributed by atoms with Crippen molar-refractivity contribution in [1.82, 2.24) is 19.5 Å². The summed E-state index contributed by atoms with van der Waals surface area (Å²) in [5.41, 5.74) is -4.65. The van der Waals surface area contributed by atoms with E-state index in [-0.39, 0.29) is 11.6 Å². The second-order valence-electron chi connectivity index (χ2n) is 13.1. The fourth-order valence-electron chi connectivity index (χ4n) is 7.91. The van der Waals surface area contributed by atoms with Crippen LogP contribution in [0.4, 0.5) is 0 Å². The molecule has 254 valence electrons. The van der Waals surface area contributed by atoms with Crippen molar-refractivity contribution in [2.75, 3.05) is 0 Å². The van der Waals surface area contributed by atoms with Gasteiger partial charge in [-0.25, -0.2) is 4.98 Å². The first-order chi connectivity index (χ1) is 33.2. The molecule has 1 aliphatic carbocycles. The summed E-state index contributed by atoms with van der Waals surface area (Å²) in [6.45, 7) is -7.44. The van der Waals surface area contributed by atoms with E-state index in [0.717, 1.165) is 9.95 Å². The van der Waals surface area contributed by atoms with Gasteiger partial charge in [0.2, 0.25) is 5.95 Å². The van der Waals surface area contributed by atoms with E-state index < -0.39 is 130 Å². The maximum absolute atomic E-state index is 9.65. The minimum absolute atomic E-state index is 0.0401. The Morgan fingerprint density at radius 1 is 0.556 bits per heavy atom. The first-order valence-corrected chi connectivity index (χ1v) is 17.0. The lowest BCUT2D eigenvalue weighted by atomic mass is 9.81. The molecule has 0 aliphatic heterocycles. The molecule has 54 heavy (non-hydrogen) atoms. The molecule has 0 fully saturated rings. The van der Waals surface area contributed by atoms with Crippen LogP contribution >= 0.6 is 0 Å². The molecular weight excluding hydrogens is 665 g/mol. The van der Waals surface area contributed by atoms with Gasteiger partial charge < -0.3 is 8.83 Å².